The number of carbonyl (C=O) groups excluding carboxylic acids is 1. The SMILES string of the molecule is CC1CCc2c(sc3ncnc(NCCNC(=O)C4CC4)c23)C1. The zero-order valence-corrected chi connectivity index (χ0v) is 14.2. The number of thiophene rings is 1. The van der Waals surface area contributed by atoms with Crippen LogP contribution in [0.4, 0.5) is 5.82 Å². The number of fused-ring (bicyclic) bond motifs is 3. The van der Waals surface area contributed by atoms with E-state index in [-0.39, 0.29) is 11.8 Å². The molecule has 5 nitrogen and oxygen atoms in total. The highest BCUT2D eigenvalue weighted by Crippen LogP contribution is 2.39. The highest BCUT2D eigenvalue weighted by Gasteiger charge is 2.29. The van der Waals surface area contributed by atoms with Gasteiger partial charge >= 0.3 is 0 Å². The molecule has 23 heavy (non-hydrogen) atoms. The van der Waals surface area contributed by atoms with Crippen molar-refractivity contribution in [2.45, 2.75) is 39.0 Å². The molecule has 2 aliphatic carbocycles. The Morgan fingerprint density at radius 2 is 2.17 bits per heavy atom. The minimum absolute atomic E-state index is 0.196. The van der Waals surface area contributed by atoms with Crippen molar-refractivity contribution < 1.29 is 4.79 Å². The maximum absolute atomic E-state index is 11.6. The van der Waals surface area contributed by atoms with Crippen LogP contribution >= 0.6 is 11.3 Å². The van der Waals surface area contributed by atoms with E-state index in [0.717, 1.165) is 42.2 Å². The molecule has 0 aromatic carbocycles. The first kappa shape index (κ1) is 14.9. The molecule has 1 atom stereocenters. The summed E-state index contributed by atoms with van der Waals surface area (Å²) < 4.78 is 0. The molecular weight excluding hydrogens is 308 g/mol. The van der Waals surface area contributed by atoms with E-state index < -0.39 is 0 Å². The molecule has 0 aliphatic heterocycles. The maximum atomic E-state index is 11.6. The number of hydrogen-bond acceptors (Lipinski definition) is 5. The Bertz CT molecular complexity index is 738. The topological polar surface area (TPSA) is 66.9 Å². The van der Waals surface area contributed by atoms with Crippen molar-refractivity contribution in [3.8, 4) is 0 Å². The lowest BCUT2D eigenvalue weighted by molar-refractivity contribution is -0.122. The molecular formula is C17H22N4OS. The van der Waals surface area contributed by atoms with Gasteiger partial charge in [0.05, 0.1) is 5.39 Å². The van der Waals surface area contributed by atoms with Crippen LogP contribution in [0.1, 0.15) is 36.6 Å². The Morgan fingerprint density at radius 1 is 1.30 bits per heavy atom. The van der Waals surface area contributed by atoms with Gasteiger partial charge in [-0.1, -0.05) is 6.92 Å². The second kappa shape index (κ2) is 6.07. The van der Waals surface area contributed by atoms with Gasteiger partial charge in [0, 0.05) is 23.9 Å². The average molecular weight is 330 g/mol. The van der Waals surface area contributed by atoms with Gasteiger partial charge in [-0.3, -0.25) is 4.79 Å². The molecule has 0 saturated heterocycles. The number of aryl methyl sites for hydroxylation is 1. The molecule has 0 spiro atoms. The van der Waals surface area contributed by atoms with E-state index in [9.17, 15) is 4.79 Å². The van der Waals surface area contributed by atoms with Crippen LogP contribution in [0, 0.1) is 11.8 Å². The van der Waals surface area contributed by atoms with Crippen LogP contribution in [0.15, 0.2) is 6.33 Å². The maximum Gasteiger partial charge on any atom is 0.223 e. The third-order valence-electron chi connectivity index (χ3n) is 4.76. The van der Waals surface area contributed by atoms with Gasteiger partial charge in [0.2, 0.25) is 5.91 Å². The van der Waals surface area contributed by atoms with Crippen molar-refractivity contribution in [1.82, 2.24) is 15.3 Å². The first-order valence-electron chi connectivity index (χ1n) is 8.49. The first-order valence-corrected chi connectivity index (χ1v) is 9.31. The lowest BCUT2D eigenvalue weighted by atomic mass is 9.89. The monoisotopic (exact) mass is 330 g/mol. The summed E-state index contributed by atoms with van der Waals surface area (Å²) in [6.45, 7) is 3.66. The van der Waals surface area contributed by atoms with E-state index in [1.54, 1.807) is 6.33 Å². The minimum Gasteiger partial charge on any atom is -0.368 e. The van der Waals surface area contributed by atoms with Crippen molar-refractivity contribution in [2.24, 2.45) is 11.8 Å². The lowest BCUT2D eigenvalue weighted by Gasteiger charge is -2.18. The smallest absolute Gasteiger partial charge is 0.223 e. The predicted molar refractivity (Wildman–Crippen MR) is 92.8 cm³/mol. The summed E-state index contributed by atoms with van der Waals surface area (Å²) in [6, 6.07) is 0. The van der Waals surface area contributed by atoms with Crippen molar-refractivity contribution in [3.63, 3.8) is 0 Å². The number of nitrogens with zero attached hydrogens (tertiary/aromatic N) is 2. The molecule has 0 bridgehead atoms. The number of hydrogen-bond donors (Lipinski definition) is 2. The van der Waals surface area contributed by atoms with Gasteiger partial charge in [0.25, 0.3) is 0 Å². The molecule has 1 amide bonds. The zero-order valence-electron chi connectivity index (χ0n) is 13.4. The largest absolute Gasteiger partial charge is 0.368 e. The molecule has 2 aliphatic rings. The second-order valence-electron chi connectivity index (χ2n) is 6.75. The Labute approximate surface area is 139 Å². The second-order valence-corrected chi connectivity index (χ2v) is 7.83. The molecule has 1 unspecified atom stereocenters. The lowest BCUT2D eigenvalue weighted by Crippen LogP contribution is -2.30. The molecule has 0 radical (unpaired) electrons. The Morgan fingerprint density at radius 3 is 3.00 bits per heavy atom. The number of rotatable bonds is 5. The first-order chi connectivity index (χ1) is 11.2. The van der Waals surface area contributed by atoms with E-state index >= 15 is 0 Å². The third kappa shape index (κ3) is 3.04. The molecule has 6 heteroatoms. The van der Waals surface area contributed by atoms with Crippen LogP contribution in [0.2, 0.25) is 0 Å². The number of nitrogens with one attached hydrogen (secondary N) is 2. The van der Waals surface area contributed by atoms with Gasteiger partial charge in [-0.25, -0.2) is 9.97 Å². The highest BCUT2D eigenvalue weighted by atomic mass is 32.1. The fraction of sp³-hybridized carbons (Fsp3) is 0.588. The molecule has 2 aromatic heterocycles. The van der Waals surface area contributed by atoms with Crippen LogP contribution in [0.25, 0.3) is 10.2 Å². The summed E-state index contributed by atoms with van der Waals surface area (Å²) >= 11 is 1.81. The molecule has 122 valence electrons. The molecule has 2 heterocycles. The molecule has 2 N–H and O–H groups in total. The highest BCUT2D eigenvalue weighted by molar-refractivity contribution is 7.19. The molecule has 1 saturated carbocycles. The number of carbonyl (C=O) groups is 1. The summed E-state index contributed by atoms with van der Waals surface area (Å²) in [6.07, 6.45) is 7.25. The Balaban J connectivity index is 1.47. The Kier molecular flexibility index (Phi) is 3.93. The summed E-state index contributed by atoms with van der Waals surface area (Å²) in [4.78, 5) is 23.1. The fourth-order valence-electron chi connectivity index (χ4n) is 3.27. The van der Waals surface area contributed by atoms with Crippen LogP contribution in [-0.2, 0) is 17.6 Å². The standard InChI is InChI=1S/C17H22N4OS/c1-10-2-5-12-13(8-10)23-17-14(12)15(20-9-21-17)18-6-7-19-16(22)11-3-4-11/h9-11H,2-8H2,1H3,(H,19,22)(H,18,20,21). The number of aromatic nitrogens is 2. The van der Waals surface area contributed by atoms with Crippen molar-refractivity contribution >= 4 is 33.3 Å². The molecule has 2 aromatic rings. The fourth-order valence-corrected chi connectivity index (χ4v) is 4.62. The summed E-state index contributed by atoms with van der Waals surface area (Å²) in [5, 5.41) is 7.58. The van der Waals surface area contributed by atoms with Gasteiger partial charge in [0.15, 0.2) is 0 Å². The number of amides is 1. The van der Waals surface area contributed by atoms with E-state index in [1.807, 2.05) is 11.3 Å². The van der Waals surface area contributed by atoms with Gasteiger partial charge in [-0.15, -0.1) is 11.3 Å². The zero-order chi connectivity index (χ0) is 15.8. The summed E-state index contributed by atoms with van der Waals surface area (Å²) in [7, 11) is 0. The summed E-state index contributed by atoms with van der Waals surface area (Å²) in [5.41, 5.74) is 1.44. The van der Waals surface area contributed by atoms with E-state index in [0.29, 0.717) is 13.1 Å². The van der Waals surface area contributed by atoms with Crippen LogP contribution in [-0.4, -0.2) is 29.0 Å². The van der Waals surface area contributed by atoms with Gasteiger partial charge < -0.3 is 10.6 Å². The van der Waals surface area contributed by atoms with Gasteiger partial charge in [-0.2, -0.15) is 0 Å². The van der Waals surface area contributed by atoms with Gasteiger partial charge in [0.1, 0.15) is 17.0 Å². The minimum atomic E-state index is 0.196. The van der Waals surface area contributed by atoms with E-state index in [2.05, 4.69) is 27.5 Å². The molecule has 4 rings (SSSR count). The summed E-state index contributed by atoms with van der Waals surface area (Å²) in [5.74, 6) is 2.15. The van der Waals surface area contributed by atoms with Crippen molar-refractivity contribution in [3.05, 3.63) is 16.8 Å². The van der Waals surface area contributed by atoms with Crippen LogP contribution < -0.4 is 10.6 Å². The van der Waals surface area contributed by atoms with Crippen LogP contribution in [0.5, 0.6) is 0 Å². The number of anilines is 1. The predicted octanol–water partition coefficient (Wildman–Crippen LogP) is 2.75. The molecule has 1 fully saturated rings. The normalized spacial score (nSPS) is 20.3. The van der Waals surface area contributed by atoms with Crippen molar-refractivity contribution in [2.75, 3.05) is 18.4 Å². The Hall–Kier alpha value is -1.69. The quantitative estimate of drug-likeness (QED) is 0.827. The van der Waals surface area contributed by atoms with E-state index in [4.69, 9.17) is 0 Å². The van der Waals surface area contributed by atoms with Crippen LogP contribution in [0.3, 0.4) is 0 Å². The van der Waals surface area contributed by atoms with E-state index in [1.165, 1.54) is 22.2 Å². The third-order valence-corrected chi connectivity index (χ3v) is 5.92. The van der Waals surface area contributed by atoms with Gasteiger partial charge in [-0.05, 0) is 43.6 Å². The van der Waals surface area contributed by atoms with Crippen molar-refractivity contribution in [1.29, 1.82) is 0 Å². The average Bonchev–Trinajstić information content (AvgIpc) is 3.32.